The average molecular weight is 584 g/mol. The van der Waals surface area contributed by atoms with Crippen LogP contribution >= 0.6 is 0 Å². The highest BCUT2D eigenvalue weighted by Crippen LogP contribution is 2.74. The number of hydrogen-bond donors (Lipinski definition) is 0. The predicted octanol–water partition coefficient (Wildman–Crippen LogP) is 6.21. The van der Waals surface area contributed by atoms with Crippen LogP contribution in [0.1, 0.15) is 106 Å². The van der Waals surface area contributed by atoms with Crippen LogP contribution in [0, 0.1) is 50.7 Å². The molecule has 5 aliphatic carbocycles. The molecule has 0 aromatic carbocycles. The maximum absolute atomic E-state index is 14.5. The summed E-state index contributed by atoms with van der Waals surface area (Å²) < 4.78 is 11.0. The van der Waals surface area contributed by atoms with E-state index in [9.17, 15) is 19.2 Å². The van der Waals surface area contributed by atoms with Gasteiger partial charge in [-0.25, -0.2) is 4.79 Å². The molecule has 0 aromatic heterocycles. The van der Waals surface area contributed by atoms with E-state index in [1.54, 1.807) is 0 Å². The Hall–Kier alpha value is -2.51. The molecular formula is C34H49NO7. The van der Waals surface area contributed by atoms with Gasteiger partial charge in [0.1, 0.15) is 0 Å². The second-order valence-corrected chi connectivity index (χ2v) is 15.4. The smallest absolute Gasteiger partial charge is 0.331 e. The van der Waals surface area contributed by atoms with Crippen LogP contribution in [0.15, 0.2) is 16.8 Å². The fourth-order valence-electron chi connectivity index (χ4n) is 10.5. The second kappa shape index (κ2) is 10.3. The maximum atomic E-state index is 14.5. The molecule has 3 unspecified atom stereocenters. The molecule has 0 saturated heterocycles. The minimum atomic E-state index is -0.602. The van der Waals surface area contributed by atoms with Gasteiger partial charge in [-0.15, -0.1) is 0 Å². The fourth-order valence-corrected chi connectivity index (χ4v) is 10.5. The number of methoxy groups -OCH3 is 1. The Bertz CT molecular complexity index is 1250. The van der Waals surface area contributed by atoms with Gasteiger partial charge in [0.25, 0.3) is 0 Å². The third kappa shape index (κ3) is 4.49. The third-order valence-electron chi connectivity index (χ3n) is 12.9. The van der Waals surface area contributed by atoms with E-state index >= 15 is 0 Å². The number of esters is 2. The molecular weight excluding hydrogens is 534 g/mol. The second-order valence-electron chi connectivity index (χ2n) is 15.4. The minimum absolute atomic E-state index is 0.0503. The number of carbonyl (C=O) groups is 4. The van der Waals surface area contributed by atoms with Crippen molar-refractivity contribution < 1.29 is 33.5 Å². The predicted molar refractivity (Wildman–Crippen MR) is 157 cm³/mol. The summed E-state index contributed by atoms with van der Waals surface area (Å²) in [5.41, 5.74) is 0.574. The van der Waals surface area contributed by atoms with Crippen LogP contribution in [-0.2, 0) is 33.5 Å². The molecule has 4 saturated carbocycles. The van der Waals surface area contributed by atoms with Crippen LogP contribution < -0.4 is 0 Å². The van der Waals surface area contributed by atoms with Crippen LogP contribution in [0.2, 0.25) is 0 Å². The molecule has 5 rings (SSSR count). The van der Waals surface area contributed by atoms with Gasteiger partial charge in [0.2, 0.25) is 0 Å². The highest BCUT2D eigenvalue weighted by Gasteiger charge is 2.70. The lowest BCUT2D eigenvalue weighted by Crippen LogP contribution is -2.65. The molecule has 8 nitrogen and oxygen atoms in total. The van der Waals surface area contributed by atoms with Crippen molar-refractivity contribution >= 4 is 29.4 Å². The Kier molecular flexibility index (Phi) is 7.58. The van der Waals surface area contributed by atoms with E-state index in [0.29, 0.717) is 6.42 Å². The first-order valence-corrected chi connectivity index (χ1v) is 15.8. The molecule has 8 heteroatoms. The number of ketones is 1. The summed E-state index contributed by atoms with van der Waals surface area (Å²) in [6, 6.07) is 0. The number of ether oxygens (including phenoxy) is 2. The maximum Gasteiger partial charge on any atom is 0.331 e. The van der Waals surface area contributed by atoms with Gasteiger partial charge in [0.15, 0.2) is 5.78 Å². The summed E-state index contributed by atoms with van der Waals surface area (Å²) >= 11 is 0. The van der Waals surface area contributed by atoms with Gasteiger partial charge in [0.05, 0.1) is 24.8 Å². The zero-order chi connectivity index (χ0) is 30.9. The first-order chi connectivity index (χ1) is 19.5. The normalized spacial score (nSPS) is 43.1. The van der Waals surface area contributed by atoms with Crippen LogP contribution in [0.4, 0.5) is 0 Å². The molecule has 0 aromatic rings. The number of oxime groups is 1. The molecule has 0 amide bonds. The molecule has 0 N–H and O–H groups in total. The van der Waals surface area contributed by atoms with Gasteiger partial charge in [-0.1, -0.05) is 45.3 Å². The molecule has 0 spiro atoms. The molecule has 8 atom stereocenters. The van der Waals surface area contributed by atoms with Crippen LogP contribution in [-0.4, -0.2) is 43.1 Å². The SMILES string of the molecule is COC(=O)[C@]12CCC(C)(C)CC1C1C(=O)C=C3[C@@]4(C)CCC(=NOC(C)=O)C(COC(C)=O)[C@@H]4CC[C@@]3(C)[C@]1(C)CC2. The first-order valence-electron chi connectivity index (χ1n) is 15.8. The Balaban J connectivity index is 1.58. The van der Waals surface area contributed by atoms with E-state index in [2.05, 4.69) is 39.8 Å². The summed E-state index contributed by atoms with van der Waals surface area (Å²) in [7, 11) is 1.49. The Morgan fingerprint density at radius 2 is 1.62 bits per heavy atom. The Morgan fingerprint density at radius 3 is 2.26 bits per heavy atom. The van der Waals surface area contributed by atoms with Crippen molar-refractivity contribution in [3.05, 3.63) is 11.6 Å². The summed E-state index contributed by atoms with van der Waals surface area (Å²) in [6.07, 6.45) is 9.21. The minimum Gasteiger partial charge on any atom is -0.469 e. The number of allylic oxidation sites excluding steroid dienone is 2. The first kappa shape index (κ1) is 30.9. The zero-order valence-electron chi connectivity index (χ0n) is 26.8. The van der Waals surface area contributed by atoms with Gasteiger partial charge in [-0.05, 0) is 97.4 Å². The molecule has 0 bridgehead atoms. The molecule has 4 fully saturated rings. The number of carbonyl (C=O) groups excluding carboxylic acids is 4. The largest absolute Gasteiger partial charge is 0.469 e. The van der Waals surface area contributed by atoms with E-state index in [1.807, 2.05) is 6.08 Å². The van der Waals surface area contributed by atoms with Crippen molar-refractivity contribution in [2.75, 3.05) is 13.7 Å². The highest BCUT2D eigenvalue weighted by atomic mass is 16.7. The molecule has 232 valence electrons. The number of rotatable bonds is 4. The van der Waals surface area contributed by atoms with Crippen LogP contribution in [0.5, 0.6) is 0 Å². The Morgan fingerprint density at radius 1 is 0.929 bits per heavy atom. The summed E-state index contributed by atoms with van der Waals surface area (Å²) in [6.45, 7) is 14.4. The van der Waals surface area contributed by atoms with E-state index in [1.165, 1.54) is 26.5 Å². The van der Waals surface area contributed by atoms with Gasteiger partial charge in [0, 0.05) is 25.7 Å². The quantitative estimate of drug-likeness (QED) is 0.220. The van der Waals surface area contributed by atoms with Gasteiger partial charge >= 0.3 is 17.9 Å². The van der Waals surface area contributed by atoms with Crippen molar-refractivity contribution in [1.82, 2.24) is 0 Å². The van der Waals surface area contributed by atoms with Crippen molar-refractivity contribution in [3.8, 4) is 0 Å². The van der Waals surface area contributed by atoms with Crippen molar-refractivity contribution in [1.29, 1.82) is 0 Å². The number of nitrogens with zero attached hydrogens (tertiary/aromatic N) is 1. The monoisotopic (exact) mass is 583 g/mol. The summed E-state index contributed by atoms with van der Waals surface area (Å²) in [5.74, 6) is -1.24. The van der Waals surface area contributed by atoms with E-state index in [4.69, 9.17) is 14.3 Å². The van der Waals surface area contributed by atoms with Crippen molar-refractivity contribution in [2.24, 2.45) is 55.9 Å². The van der Waals surface area contributed by atoms with Crippen molar-refractivity contribution in [2.45, 2.75) is 106 Å². The van der Waals surface area contributed by atoms with Gasteiger partial charge in [-0.3, -0.25) is 14.4 Å². The molecule has 0 heterocycles. The summed E-state index contributed by atoms with van der Waals surface area (Å²) in [4.78, 5) is 56.5. The average Bonchev–Trinajstić information content (AvgIpc) is 2.91. The highest BCUT2D eigenvalue weighted by molar-refractivity contribution is 5.96. The van der Waals surface area contributed by atoms with Crippen molar-refractivity contribution in [3.63, 3.8) is 0 Å². The van der Waals surface area contributed by atoms with Crippen LogP contribution in [0.3, 0.4) is 0 Å². The molecule has 0 radical (unpaired) electrons. The van der Waals surface area contributed by atoms with Gasteiger partial charge in [-0.2, -0.15) is 0 Å². The topological polar surface area (TPSA) is 108 Å². The lowest BCUT2D eigenvalue weighted by molar-refractivity contribution is -0.191. The van der Waals surface area contributed by atoms with E-state index < -0.39 is 11.4 Å². The third-order valence-corrected chi connectivity index (χ3v) is 12.9. The molecule has 5 aliphatic rings. The Labute approximate surface area is 250 Å². The number of fused-ring (bicyclic) bond motifs is 7. The standard InChI is InChI=1S/C34H49NO7/c1-20(36)41-19-22-23-9-12-32(6)27(31(23,5)11-10-25(22)35-42-21(2)37)17-26(38)28-24-18-30(3,4)13-15-34(24,29(39)40-8)16-14-33(28,32)7/h17,22-24,28H,9-16,18-19H2,1-8H3/t22?,23-,24?,28?,31-,32+,33+,34-/m0/s1. The van der Waals surface area contributed by atoms with E-state index in [-0.39, 0.29) is 69.7 Å². The lowest BCUT2D eigenvalue weighted by atomic mass is 9.34. The summed E-state index contributed by atoms with van der Waals surface area (Å²) in [5, 5.41) is 4.22. The lowest BCUT2D eigenvalue weighted by Gasteiger charge is -2.68. The van der Waals surface area contributed by atoms with Crippen LogP contribution in [0.25, 0.3) is 0 Å². The molecule has 42 heavy (non-hydrogen) atoms. The molecule has 0 aliphatic heterocycles. The number of hydrogen-bond acceptors (Lipinski definition) is 8. The zero-order valence-corrected chi connectivity index (χ0v) is 26.8. The van der Waals surface area contributed by atoms with Gasteiger partial charge < -0.3 is 14.3 Å². The fraction of sp³-hybridized carbons (Fsp3) is 0.794. The van der Waals surface area contributed by atoms with E-state index in [0.717, 1.165) is 57.1 Å².